The lowest BCUT2D eigenvalue weighted by Gasteiger charge is -2.19. The van der Waals surface area contributed by atoms with E-state index in [1.165, 1.54) is 0 Å². The Bertz CT molecular complexity index is 147. The number of carboxylic acid groups (broad SMARTS) is 1. The lowest BCUT2D eigenvalue weighted by molar-refractivity contribution is -0.142. The van der Waals surface area contributed by atoms with Gasteiger partial charge in [0.1, 0.15) is 0 Å². The Balaban J connectivity index is 2.41. The molecule has 0 heterocycles. The van der Waals surface area contributed by atoms with Gasteiger partial charge in [-0.2, -0.15) is 0 Å². The third kappa shape index (κ3) is 1.70. The van der Waals surface area contributed by atoms with Crippen molar-refractivity contribution < 1.29 is 15.0 Å². The molecular formula is C7H12O3. The number of hydrogen-bond acceptors (Lipinski definition) is 2. The third-order valence-electron chi connectivity index (χ3n) is 1.97. The monoisotopic (exact) mass is 144 g/mol. The topological polar surface area (TPSA) is 57.5 Å². The van der Waals surface area contributed by atoms with Crippen LogP contribution in [0.15, 0.2) is 0 Å². The van der Waals surface area contributed by atoms with E-state index in [9.17, 15) is 9.90 Å². The lowest BCUT2D eigenvalue weighted by atomic mass is 9.97. The van der Waals surface area contributed by atoms with Crippen LogP contribution in [0.2, 0.25) is 0 Å². The van der Waals surface area contributed by atoms with Gasteiger partial charge in [0.2, 0.25) is 0 Å². The van der Waals surface area contributed by atoms with Gasteiger partial charge in [0.15, 0.2) is 0 Å². The number of aliphatic hydroxyl groups is 1. The summed E-state index contributed by atoms with van der Waals surface area (Å²) in [6, 6.07) is 0. The van der Waals surface area contributed by atoms with E-state index >= 15 is 0 Å². The quantitative estimate of drug-likeness (QED) is 0.610. The predicted octanol–water partition coefficient (Wildman–Crippen LogP) is 0.622. The molecule has 3 nitrogen and oxygen atoms in total. The van der Waals surface area contributed by atoms with Gasteiger partial charge in [-0.3, -0.25) is 4.79 Å². The molecule has 1 saturated carbocycles. The van der Waals surface area contributed by atoms with Crippen LogP contribution < -0.4 is 0 Å². The van der Waals surface area contributed by atoms with Gasteiger partial charge in [0.05, 0.1) is 12.0 Å². The second kappa shape index (κ2) is 2.23. The first-order valence-electron chi connectivity index (χ1n) is 3.46. The van der Waals surface area contributed by atoms with Crippen LogP contribution >= 0.6 is 0 Å². The van der Waals surface area contributed by atoms with Crippen LogP contribution in [0.4, 0.5) is 0 Å². The zero-order chi connectivity index (χ0) is 7.78. The van der Waals surface area contributed by atoms with Crippen molar-refractivity contribution in [1.82, 2.24) is 0 Å². The van der Waals surface area contributed by atoms with Gasteiger partial charge < -0.3 is 10.2 Å². The van der Waals surface area contributed by atoms with Crippen LogP contribution in [0.3, 0.4) is 0 Å². The molecule has 10 heavy (non-hydrogen) atoms. The van der Waals surface area contributed by atoms with E-state index in [0.29, 0.717) is 0 Å². The summed E-state index contributed by atoms with van der Waals surface area (Å²) in [4.78, 5) is 10.2. The van der Waals surface area contributed by atoms with Crippen LogP contribution in [-0.2, 0) is 4.79 Å². The number of rotatable bonds is 3. The molecule has 0 saturated heterocycles. The van der Waals surface area contributed by atoms with E-state index in [0.717, 1.165) is 12.8 Å². The summed E-state index contributed by atoms with van der Waals surface area (Å²) in [6.45, 7) is 1.60. The van der Waals surface area contributed by atoms with Crippen LogP contribution in [0.1, 0.15) is 26.2 Å². The van der Waals surface area contributed by atoms with Gasteiger partial charge in [-0.1, -0.05) is 0 Å². The number of carbonyl (C=O) groups is 1. The molecule has 0 aliphatic heterocycles. The Kier molecular flexibility index (Phi) is 1.68. The largest absolute Gasteiger partial charge is 0.481 e. The third-order valence-corrected chi connectivity index (χ3v) is 1.97. The highest BCUT2D eigenvalue weighted by molar-refractivity contribution is 5.68. The average molecular weight is 144 g/mol. The molecule has 0 aromatic heterocycles. The molecule has 58 valence electrons. The first-order chi connectivity index (χ1) is 4.52. The van der Waals surface area contributed by atoms with Crippen molar-refractivity contribution >= 4 is 5.97 Å². The first-order valence-corrected chi connectivity index (χ1v) is 3.46. The predicted molar refractivity (Wildman–Crippen MR) is 35.6 cm³/mol. The first kappa shape index (κ1) is 7.54. The molecule has 0 amide bonds. The number of aliphatic carboxylic acids is 1. The maximum Gasteiger partial charge on any atom is 0.306 e. The molecule has 0 aromatic carbocycles. The van der Waals surface area contributed by atoms with E-state index in [4.69, 9.17) is 5.11 Å². The Labute approximate surface area is 59.7 Å². The minimum absolute atomic E-state index is 0.127. The normalized spacial score (nSPS) is 23.8. The minimum atomic E-state index is -0.966. The van der Waals surface area contributed by atoms with Gasteiger partial charge in [-0.15, -0.1) is 0 Å². The second-order valence-corrected chi connectivity index (χ2v) is 3.20. The average Bonchev–Trinajstić information content (AvgIpc) is 2.35. The summed E-state index contributed by atoms with van der Waals surface area (Å²) >= 11 is 0. The highest BCUT2D eigenvalue weighted by Crippen LogP contribution is 2.41. The molecule has 0 aromatic rings. The summed E-state index contributed by atoms with van der Waals surface area (Å²) in [6.07, 6.45) is 1.82. The molecule has 1 rings (SSSR count). The standard InChI is InChI=1S/C7H12O3/c1-7(10,4-6(8)9)5-2-3-5/h5,10H,2-4H2,1H3,(H,8,9)/t7-/m0/s1. The van der Waals surface area contributed by atoms with Crippen LogP contribution in [0, 0.1) is 5.92 Å². The molecule has 1 fully saturated rings. The van der Waals surface area contributed by atoms with Crippen LogP contribution in [0.5, 0.6) is 0 Å². The second-order valence-electron chi connectivity index (χ2n) is 3.20. The van der Waals surface area contributed by atoms with E-state index < -0.39 is 11.6 Å². The van der Waals surface area contributed by atoms with Crippen LogP contribution in [-0.4, -0.2) is 21.8 Å². The molecule has 0 spiro atoms. The van der Waals surface area contributed by atoms with E-state index in [1.807, 2.05) is 0 Å². The lowest BCUT2D eigenvalue weighted by Crippen LogP contribution is -2.30. The molecule has 0 bridgehead atoms. The van der Waals surface area contributed by atoms with Crippen molar-refractivity contribution in [3.8, 4) is 0 Å². The van der Waals surface area contributed by atoms with Gasteiger partial charge in [0, 0.05) is 0 Å². The number of carboxylic acids is 1. The zero-order valence-electron chi connectivity index (χ0n) is 6.00. The Morgan fingerprint density at radius 2 is 2.20 bits per heavy atom. The fourth-order valence-corrected chi connectivity index (χ4v) is 1.16. The van der Waals surface area contributed by atoms with Crippen molar-refractivity contribution in [2.75, 3.05) is 0 Å². The molecule has 1 aliphatic rings. The molecule has 1 atom stereocenters. The maximum atomic E-state index is 10.2. The Morgan fingerprint density at radius 1 is 1.70 bits per heavy atom. The Hall–Kier alpha value is -0.570. The summed E-state index contributed by atoms with van der Waals surface area (Å²) < 4.78 is 0. The van der Waals surface area contributed by atoms with E-state index in [2.05, 4.69) is 0 Å². The fourth-order valence-electron chi connectivity index (χ4n) is 1.16. The molecule has 0 radical (unpaired) electrons. The van der Waals surface area contributed by atoms with Gasteiger partial charge >= 0.3 is 5.97 Å². The minimum Gasteiger partial charge on any atom is -0.481 e. The van der Waals surface area contributed by atoms with Crippen molar-refractivity contribution in [3.05, 3.63) is 0 Å². The Morgan fingerprint density at radius 3 is 2.50 bits per heavy atom. The van der Waals surface area contributed by atoms with Gasteiger partial charge in [0.25, 0.3) is 0 Å². The molecule has 0 unspecified atom stereocenters. The van der Waals surface area contributed by atoms with E-state index in [1.54, 1.807) is 6.92 Å². The zero-order valence-corrected chi connectivity index (χ0v) is 6.00. The molecular weight excluding hydrogens is 132 g/mol. The highest BCUT2D eigenvalue weighted by Gasteiger charge is 2.41. The van der Waals surface area contributed by atoms with Crippen LogP contribution in [0.25, 0.3) is 0 Å². The summed E-state index contributed by atoms with van der Waals surface area (Å²) in [5.74, 6) is -0.694. The van der Waals surface area contributed by atoms with Crippen molar-refractivity contribution in [2.24, 2.45) is 5.92 Å². The van der Waals surface area contributed by atoms with Crippen molar-refractivity contribution in [3.63, 3.8) is 0 Å². The summed E-state index contributed by atoms with van der Waals surface area (Å²) in [5.41, 5.74) is -0.966. The SMILES string of the molecule is C[C@](O)(CC(=O)O)C1CC1. The summed E-state index contributed by atoms with van der Waals surface area (Å²) in [7, 11) is 0. The summed E-state index contributed by atoms with van der Waals surface area (Å²) in [5, 5.41) is 17.8. The molecule has 1 aliphatic carbocycles. The molecule has 2 N–H and O–H groups in total. The number of hydrogen-bond donors (Lipinski definition) is 2. The van der Waals surface area contributed by atoms with E-state index in [-0.39, 0.29) is 12.3 Å². The highest BCUT2D eigenvalue weighted by atomic mass is 16.4. The maximum absolute atomic E-state index is 10.2. The van der Waals surface area contributed by atoms with Crippen molar-refractivity contribution in [1.29, 1.82) is 0 Å². The smallest absolute Gasteiger partial charge is 0.306 e. The van der Waals surface area contributed by atoms with Gasteiger partial charge in [-0.25, -0.2) is 0 Å². The molecule has 3 heteroatoms. The fraction of sp³-hybridized carbons (Fsp3) is 0.857. The van der Waals surface area contributed by atoms with Gasteiger partial charge in [-0.05, 0) is 25.7 Å². The van der Waals surface area contributed by atoms with Crippen molar-refractivity contribution in [2.45, 2.75) is 31.8 Å².